The molecule has 2 saturated heterocycles. The summed E-state index contributed by atoms with van der Waals surface area (Å²) in [4.78, 5) is 29.1. The lowest BCUT2D eigenvalue weighted by Crippen LogP contribution is -2.50. The van der Waals surface area contributed by atoms with Gasteiger partial charge in [0.25, 0.3) is 11.8 Å². The summed E-state index contributed by atoms with van der Waals surface area (Å²) in [6, 6.07) is 7.98. The van der Waals surface area contributed by atoms with Crippen LogP contribution in [0.1, 0.15) is 20.7 Å². The highest BCUT2D eigenvalue weighted by Gasteiger charge is 2.27. The number of hydrogen-bond donors (Lipinski definition) is 1. The molecule has 0 spiro atoms. The van der Waals surface area contributed by atoms with E-state index in [2.05, 4.69) is 10.2 Å². The number of ether oxygens (including phenoxy) is 1. The van der Waals surface area contributed by atoms with Crippen molar-refractivity contribution < 1.29 is 22.7 Å². The largest absolute Gasteiger partial charge is 0.379 e. The Hall–Kier alpha value is -2.31. The van der Waals surface area contributed by atoms with Gasteiger partial charge in [-0.1, -0.05) is 0 Å². The van der Waals surface area contributed by atoms with Crippen molar-refractivity contribution in [2.75, 3.05) is 65.6 Å². The van der Waals surface area contributed by atoms with Gasteiger partial charge in [-0.3, -0.25) is 14.5 Å². The summed E-state index contributed by atoms with van der Waals surface area (Å²) in [7, 11) is -3.57. The van der Waals surface area contributed by atoms with Gasteiger partial charge in [0.15, 0.2) is 0 Å². The molecular weight excluding hydrogens is 464 g/mol. The highest BCUT2D eigenvalue weighted by molar-refractivity contribution is 7.89. The molecule has 0 atom stereocenters. The molecule has 33 heavy (non-hydrogen) atoms. The minimum absolute atomic E-state index is 0.0656. The third kappa shape index (κ3) is 5.79. The lowest BCUT2D eigenvalue weighted by molar-refractivity contribution is 0.0638. The molecule has 0 aliphatic carbocycles. The van der Waals surface area contributed by atoms with Crippen LogP contribution in [0.4, 0.5) is 0 Å². The van der Waals surface area contributed by atoms with E-state index in [1.54, 1.807) is 23.1 Å². The summed E-state index contributed by atoms with van der Waals surface area (Å²) in [6.45, 7) is 5.37. The van der Waals surface area contributed by atoms with Gasteiger partial charge in [-0.15, -0.1) is 0 Å². The Labute approximate surface area is 198 Å². The van der Waals surface area contributed by atoms with Crippen LogP contribution in [0.5, 0.6) is 0 Å². The normalized spacial score (nSPS) is 18.2. The van der Waals surface area contributed by atoms with E-state index in [-0.39, 0.29) is 16.7 Å². The number of carbonyl (C=O) groups excluding carboxylic acids is 2. The Morgan fingerprint density at radius 2 is 1.64 bits per heavy atom. The number of thiophene rings is 1. The number of rotatable bonds is 7. The maximum Gasteiger partial charge on any atom is 0.253 e. The molecule has 0 radical (unpaired) electrons. The van der Waals surface area contributed by atoms with E-state index in [4.69, 9.17) is 4.74 Å². The predicted molar refractivity (Wildman–Crippen MR) is 125 cm³/mol. The van der Waals surface area contributed by atoms with Gasteiger partial charge in [0.2, 0.25) is 10.0 Å². The van der Waals surface area contributed by atoms with Crippen molar-refractivity contribution in [1.82, 2.24) is 19.4 Å². The lowest BCUT2D eigenvalue weighted by atomic mass is 10.2. The highest BCUT2D eigenvalue weighted by atomic mass is 32.2. The molecule has 1 aromatic carbocycles. The van der Waals surface area contributed by atoms with Crippen molar-refractivity contribution in [1.29, 1.82) is 0 Å². The third-order valence-corrected chi connectivity index (χ3v) is 8.46. The molecule has 2 fully saturated rings. The fourth-order valence-corrected chi connectivity index (χ4v) is 5.93. The van der Waals surface area contributed by atoms with Crippen molar-refractivity contribution in [3.05, 3.63) is 52.2 Å². The van der Waals surface area contributed by atoms with Crippen LogP contribution in [-0.2, 0) is 14.8 Å². The monoisotopic (exact) mass is 492 g/mol. The van der Waals surface area contributed by atoms with Crippen LogP contribution in [0, 0.1) is 0 Å². The fourth-order valence-electron chi connectivity index (χ4n) is 3.89. The van der Waals surface area contributed by atoms with Crippen molar-refractivity contribution in [3.63, 3.8) is 0 Å². The number of piperazine rings is 1. The van der Waals surface area contributed by atoms with Crippen molar-refractivity contribution in [3.8, 4) is 0 Å². The molecule has 0 bridgehead atoms. The van der Waals surface area contributed by atoms with Crippen LogP contribution in [0.3, 0.4) is 0 Å². The number of morpholine rings is 1. The quantitative estimate of drug-likeness (QED) is 0.618. The second kappa shape index (κ2) is 10.7. The van der Waals surface area contributed by atoms with Gasteiger partial charge in [-0.05, 0) is 35.7 Å². The summed E-state index contributed by atoms with van der Waals surface area (Å²) in [5.74, 6) is -0.167. The van der Waals surface area contributed by atoms with E-state index in [0.29, 0.717) is 57.1 Å². The third-order valence-electron chi connectivity index (χ3n) is 5.87. The van der Waals surface area contributed by atoms with E-state index < -0.39 is 10.0 Å². The van der Waals surface area contributed by atoms with Gasteiger partial charge < -0.3 is 15.0 Å². The first-order valence-corrected chi connectivity index (χ1v) is 13.3. The van der Waals surface area contributed by atoms with Crippen LogP contribution in [0.25, 0.3) is 0 Å². The highest BCUT2D eigenvalue weighted by Crippen LogP contribution is 2.19. The molecule has 2 aliphatic rings. The Bertz CT molecular complexity index is 1040. The standard InChI is InChI=1S/C22H28N4O5S2/c27-21(19-5-16-32-17-19)23-6-7-24-8-10-25(11-9-24)22(28)18-1-3-20(4-2-18)33(29,30)26-12-14-31-15-13-26/h1-5,16-17H,6-15H2,(H,23,27). The minimum atomic E-state index is -3.57. The van der Waals surface area contributed by atoms with Gasteiger partial charge in [-0.25, -0.2) is 8.42 Å². The van der Waals surface area contributed by atoms with E-state index in [1.807, 2.05) is 10.8 Å². The molecule has 178 valence electrons. The van der Waals surface area contributed by atoms with Gasteiger partial charge in [0, 0.05) is 68.9 Å². The van der Waals surface area contributed by atoms with E-state index in [0.717, 1.165) is 19.6 Å². The average molecular weight is 493 g/mol. The first-order valence-electron chi connectivity index (χ1n) is 10.9. The Balaban J connectivity index is 1.25. The maximum atomic E-state index is 12.9. The second-order valence-corrected chi connectivity index (χ2v) is 10.7. The molecule has 11 heteroatoms. The number of carbonyl (C=O) groups is 2. The molecule has 2 aromatic rings. The van der Waals surface area contributed by atoms with E-state index in [9.17, 15) is 18.0 Å². The summed E-state index contributed by atoms with van der Waals surface area (Å²) >= 11 is 1.49. The minimum Gasteiger partial charge on any atom is -0.379 e. The molecule has 1 aromatic heterocycles. The van der Waals surface area contributed by atoms with Crippen molar-refractivity contribution >= 4 is 33.2 Å². The number of hydrogen-bond acceptors (Lipinski definition) is 7. The van der Waals surface area contributed by atoms with Crippen LogP contribution in [0.15, 0.2) is 46.0 Å². The molecule has 2 aliphatic heterocycles. The first kappa shape index (κ1) is 23.8. The Morgan fingerprint density at radius 3 is 2.27 bits per heavy atom. The molecule has 1 N–H and O–H groups in total. The maximum absolute atomic E-state index is 12.9. The fraction of sp³-hybridized carbons (Fsp3) is 0.455. The first-order chi connectivity index (χ1) is 15.9. The lowest BCUT2D eigenvalue weighted by Gasteiger charge is -2.34. The number of amides is 2. The molecule has 2 amide bonds. The van der Waals surface area contributed by atoms with Gasteiger partial charge in [-0.2, -0.15) is 15.6 Å². The smallest absolute Gasteiger partial charge is 0.253 e. The molecule has 0 unspecified atom stereocenters. The van der Waals surface area contributed by atoms with Crippen molar-refractivity contribution in [2.24, 2.45) is 0 Å². The second-order valence-electron chi connectivity index (χ2n) is 7.94. The zero-order chi connectivity index (χ0) is 23.3. The molecule has 9 nitrogen and oxygen atoms in total. The SMILES string of the molecule is O=C(NCCN1CCN(C(=O)c2ccc(S(=O)(=O)N3CCOCC3)cc2)CC1)c1ccsc1. The number of benzene rings is 1. The summed E-state index contributed by atoms with van der Waals surface area (Å²) in [5, 5.41) is 6.62. The number of nitrogens with zero attached hydrogens (tertiary/aromatic N) is 3. The summed E-state index contributed by atoms with van der Waals surface area (Å²) < 4.78 is 32.1. The average Bonchev–Trinajstić information content (AvgIpc) is 3.40. The molecule has 4 rings (SSSR count). The van der Waals surface area contributed by atoms with Crippen LogP contribution >= 0.6 is 11.3 Å². The summed E-state index contributed by atoms with van der Waals surface area (Å²) in [6.07, 6.45) is 0. The number of nitrogens with one attached hydrogen (secondary N) is 1. The van der Waals surface area contributed by atoms with E-state index >= 15 is 0 Å². The van der Waals surface area contributed by atoms with Gasteiger partial charge in [0.05, 0.1) is 18.1 Å². The zero-order valence-corrected chi connectivity index (χ0v) is 19.9. The van der Waals surface area contributed by atoms with Crippen molar-refractivity contribution in [2.45, 2.75) is 4.90 Å². The van der Waals surface area contributed by atoms with Gasteiger partial charge >= 0.3 is 0 Å². The van der Waals surface area contributed by atoms with Crippen LogP contribution < -0.4 is 5.32 Å². The predicted octanol–water partition coefficient (Wildman–Crippen LogP) is 0.957. The van der Waals surface area contributed by atoms with Crippen LogP contribution in [-0.4, -0.2) is 99.9 Å². The zero-order valence-electron chi connectivity index (χ0n) is 18.3. The van der Waals surface area contributed by atoms with Crippen LogP contribution in [0.2, 0.25) is 0 Å². The number of sulfonamides is 1. The Morgan fingerprint density at radius 1 is 0.939 bits per heavy atom. The van der Waals surface area contributed by atoms with Gasteiger partial charge in [0.1, 0.15) is 0 Å². The molecule has 3 heterocycles. The summed E-state index contributed by atoms with van der Waals surface area (Å²) in [5.41, 5.74) is 1.16. The molecule has 0 saturated carbocycles. The Kier molecular flexibility index (Phi) is 7.76. The topological polar surface area (TPSA) is 99.3 Å². The van der Waals surface area contributed by atoms with E-state index in [1.165, 1.54) is 27.8 Å². The molecular formula is C22H28N4O5S2.